The fourth-order valence-electron chi connectivity index (χ4n) is 4.01. The quantitative estimate of drug-likeness (QED) is 0.546. The summed E-state index contributed by atoms with van der Waals surface area (Å²) in [5.74, 6) is -0.447. The zero-order valence-corrected chi connectivity index (χ0v) is 19.6. The van der Waals surface area contributed by atoms with E-state index in [2.05, 4.69) is 20.6 Å². The third-order valence-corrected chi connectivity index (χ3v) is 5.86. The van der Waals surface area contributed by atoms with Gasteiger partial charge >= 0.3 is 18.1 Å². The van der Waals surface area contributed by atoms with Crippen molar-refractivity contribution < 1.29 is 32.2 Å². The van der Waals surface area contributed by atoms with Crippen molar-refractivity contribution in [1.82, 2.24) is 20.2 Å². The first kappa shape index (κ1) is 25.0. The minimum absolute atomic E-state index is 0.0853. The Bertz CT molecular complexity index is 1280. The maximum absolute atomic E-state index is 12.6. The van der Waals surface area contributed by atoms with E-state index < -0.39 is 18.1 Å². The number of urea groups is 1. The summed E-state index contributed by atoms with van der Waals surface area (Å²) in [6, 6.07) is 10.2. The summed E-state index contributed by atoms with van der Waals surface area (Å²) in [6.45, 7) is -0.171. The lowest BCUT2D eigenvalue weighted by molar-refractivity contribution is -0.186. The highest BCUT2D eigenvalue weighted by Crippen LogP contribution is 2.33. The number of likely N-dealkylation sites (tertiary alicyclic amines) is 1. The van der Waals surface area contributed by atoms with E-state index in [1.807, 2.05) is 30.3 Å². The van der Waals surface area contributed by atoms with E-state index in [9.17, 15) is 22.8 Å². The van der Waals surface area contributed by atoms with Crippen molar-refractivity contribution in [1.29, 1.82) is 0 Å². The lowest BCUT2D eigenvalue weighted by Crippen LogP contribution is -2.50. The van der Waals surface area contributed by atoms with Crippen LogP contribution in [0.3, 0.4) is 0 Å². The van der Waals surface area contributed by atoms with Crippen molar-refractivity contribution in [2.45, 2.75) is 25.1 Å². The van der Waals surface area contributed by atoms with E-state index >= 15 is 0 Å². The predicted molar refractivity (Wildman–Crippen MR) is 126 cm³/mol. The number of carbonyl (C=O) groups excluding carboxylic acids is 2. The lowest BCUT2D eigenvalue weighted by atomic mass is 10.0. The van der Waals surface area contributed by atoms with Crippen LogP contribution in [0.1, 0.15) is 12.8 Å². The second-order valence-electron chi connectivity index (χ2n) is 8.19. The molecule has 1 aromatic heterocycles. The van der Waals surface area contributed by atoms with Crippen LogP contribution in [0, 0.1) is 0 Å². The summed E-state index contributed by atoms with van der Waals surface area (Å²) in [6.07, 6.45) is -3.05. The minimum atomic E-state index is -4.90. The molecule has 190 valence electrons. The molecule has 0 spiro atoms. The Morgan fingerprint density at radius 2 is 1.64 bits per heavy atom. The number of methoxy groups -OCH3 is 2. The van der Waals surface area contributed by atoms with Gasteiger partial charge < -0.3 is 19.7 Å². The van der Waals surface area contributed by atoms with Gasteiger partial charge in [-0.25, -0.2) is 9.78 Å². The number of benzene rings is 2. The number of alkyl halides is 3. The molecular weight excluding hydrogens is 479 g/mol. The van der Waals surface area contributed by atoms with E-state index in [-0.39, 0.29) is 37.8 Å². The average Bonchev–Trinajstić information content (AvgIpc) is 2.87. The van der Waals surface area contributed by atoms with Gasteiger partial charge in [-0.05, 0) is 48.2 Å². The predicted octanol–water partition coefficient (Wildman–Crippen LogP) is 3.99. The monoisotopic (exact) mass is 503 g/mol. The summed E-state index contributed by atoms with van der Waals surface area (Å²) in [5, 5.41) is 5.32. The number of nitrogens with zero attached hydrogens (tertiary/aromatic N) is 3. The van der Waals surface area contributed by atoms with Gasteiger partial charge in [-0.2, -0.15) is 13.2 Å². The van der Waals surface area contributed by atoms with Crippen LogP contribution in [0.2, 0.25) is 0 Å². The molecule has 12 heteroatoms. The van der Waals surface area contributed by atoms with Crippen LogP contribution in [-0.4, -0.2) is 66.3 Å². The molecule has 2 N–H and O–H groups in total. The lowest BCUT2D eigenvalue weighted by Gasteiger charge is -2.32. The molecule has 9 nitrogen and oxygen atoms in total. The summed E-state index contributed by atoms with van der Waals surface area (Å²) in [7, 11) is 3.12. The molecule has 0 radical (unpaired) electrons. The Kier molecular flexibility index (Phi) is 7.13. The van der Waals surface area contributed by atoms with Gasteiger partial charge in [0.15, 0.2) is 17.3 Å². The number of halogens is 3. The fraction of sp³-hybridized carbons (Fsp3) is 0.333. The third-order valence-electron chi connectivity index (χ3n) is 5.86. The standard InChI is InChI=1S/C24H24F3N5O4/c1-35-19-6-4-15(12-20(19)36-2)14-3-5-17-18(11-14)30-21(13-28-17)31-23(34)29-16-7-9-32(10-8-16)22(33)24(25,26)27/h3-6,11-13,16H,7-10H2,1-2H3,(H2,29,30,31,34). The van der Waals surface area contributed by atoms with Crippen molar-refractivity contribution in [2.24, 2.45) is 0 Å². The molecule has 1 fully saturated rings. The molecule has 0 saturated carbocycles. The van der Waals surface area contributed by atoms with Gasteiger partial charge in [-0.15, -0.1) is 0 Å². The van der Waals surface area contributed by atoms with Crippen LogP contribution in [0.15, 0.2) is 42.6 Å². The van der Waals surface area contributed by atoms with Crippen LogP contribution in [0.4, 0.5) is 23.8 Å². The number of fused-ring (bicyclic) bond motifs is 1. The highest BCUT2D eigenvalue weighted by atomic mass is 19.4. The Morgan fingerprint density at radius 3 is 2.31 bits per heavy atom. The van der Waals surface area contributed by atoms with Crippen LogP contribution in [-0.2, 0) is 4.79 Å². The maximum atomic E-state index is 12.6. The first-order chi connectivity index (χ1) is 17.2. The average molecular weight is 503 g/mol. The maximum Gasteiger partial charge on any atom is 0.471 e. The fourth-order valence-corrected chi connectivity index (χ4v) is 4.01. The largest absolute Gasteiger partial charge is 0.493 e. The van der Waals surface area contributed by atoms with Gasteiger partial charge in [0.05, 0.1) is 31.4 Å². The molecule has 2 heterocycles. The van der Waals surface area contributed by atoms with Crippen LogP contribution in [0.25, 0.3) is 22.2 Å². The molecular formula is C24H24F3N5O4. The number of hydrogen-bond acceptors (Lipinski definition) is 6. The zero-order valence-electron chi connectivity index (χ0n) is 19.6. The molecule has 0 unspecified atom stereocenters. The minimum Gasteiger partial charge on any atom is -0.493 e. The van der Waals surface area contributed by atoms with Gasteiger partial charge in [0.2, 0.25) is 0 Å². The number of aromatic nitrogens is 2. The van der Waals surface area contributed by atoms with Crippen molar-refractivity contribution in [3.05, 3.63) is 42.6 Å². The summed E-state index contributed by atoms with van der Waals surface area (Å²) < 4.78 is 48.4. The molecule has 3 aromatic rings. The number of piperidine rings is 1. The van der Waals surface area contributed by atoms with Gasteiger partial charge in [0.1, 0.15) is 0 Å². The van der Waals surface area contributed by atoms with Crippen molar-refractivity contribution in [3.63, 3.8) is 0 Å². The van der Waals surface area contributed by atoms with Gasteiger partial charge in [0.25, 0.3) is 0 Å². The van der Waals surface area contributed by atoms with E-state index in [4.69, 9.17) is 9.47 Å². The third kappa shape index (κ3) is 5.58. The molecule has 0 bridgehead atoms. The van der Waals surface area contributed by atoms with E-state index in [1.54, 1.807) is 20.3 Å². The summed E-state index contributed by atoms with van der Waals surface area (Å²) in [4.78, 5) is 33.3. The second-order valence-corrected chi connectivity index (χ2v) is 8.19. The Labute approximate surface area is 204 Å². The Morgan fingerprint density at radius 1 is 0.972 bits per heavy atom. The van der Waals surface area contributed by atoms with Gasteiger partial charge in [-0.1, -0.05) is 12.1 Å². The van der Waals surface area contributed by atoms with E-state index in [0.29, 0.717) is 22.5 Å². The molecule has 4 rings (SSSR count). The number of rotatable bonds is 5. The molecule has 3 amide bonds. The molecule has 36 heavy (non-hydrogen) atoms. The number of anilines is 1. The highest BCUT2D eigenvalue weighted by molar-refractivity contribution is 5.90. The van der Waals surface area contributed by atoms with Crippen molar-refractivity contribution in [3.8, 4) is 22.6 Å². The topological polar surface area (TPSA) is 106 Å². The van der Waals surface area contributed by atoms with Crippen molar-refractivity contribution in [2.75, 3.05) is 32.6 Å². The first-order valence-corrected chi connectivity index (χ1v) is 11.1. The van der Waals surface area contributed by atoms with Crippen LogP contribution >= 0.6 is 0 Å². The second kappa shape index (κ2) is 10.3. The van der Waals surface area contributed by atoms with Crippen LogP contribution < -0.4 is 20.1 Å². The molecule has 0 aliphatic carbocycles. The molecule has 1 aliphatic heterocycles. The smallest absolute Gasteiger partial charge is 0.471 e. The Balaban J connectivity index is 1.41. The number of ether oxygens (including phenoxy) is 2. The number of carbonyl (C=O) groups is 2. The SMILES string of the molecule is COc1ccc(-c2ccc3ncc(NC(=O)NC4CCN(C(=O)C(F)(F)F)CC4)nc3c2)cc1OC. The zero-order chi connectivity index (χ0) is 25.9. The first-order valence-electron chi connectivity index (χ1n) is 11.1. The highest BCUT2D eigenvalue weighted by Gasteiger charge is 2.43. The summed E-state index contributed by atoms with van der Waals surface area (Å²) >= 11 is 0. The molecule has 2 aromatic carbocycles. The number of hydrogen-bond donors (Lipinski definition) is 2. The molecule has 1 saturated heterocycles. The number of amides is 3. The Hall–Kier alpha value is -4.09. The normalized spacial score (nSPS) is 14.4. The molecule has 0 atom stereocenters. The summed E-state index contributed by atoms with van der Waals surface area (Å²) in [5.41, 5.74) is 2.92. The van der Waals surface area contributed by atoms with Crippen LogP contribution in [0.5, 0.6) is 11.5 Å². The van der Waals surface area contributed by atoms with Gasteiger partial charge in [-0.3, -0.25) is 15.1 Å². The number of nitrogens with one attached hydrogen (secondary N) is 2. The van der Waals surface area contributed by atoms with E-state index in [1.165, 1.54) is 6.20 Å². The molecule has 1 aliphatic rings. The van der Waals surface area contributed by atoms with Crippen molar-refractivity contribution >= 4 is 28.8 Å². The van der Waals surface area contributed by atoms with Gasteiger partial charge in [0, 0.05) is 19.1 Å². The van der Waals surface area contributed by atoms with E-state index in [0.717, 1.165) is 16.0 Å².